The molecule has 0 bridgehead atoms. The highest BCUT2D eigenvalue weighted by molar-refractivity contribution is 9.10. The Morgan fingerprint density at radius 1 is 1.39 bits per heavy atom. The highest BCUT2D eigenvalue weighted by Crippen LogP contribution is 2.19. The minimum atomic E-state index is -0.339. The molecule has 0 amide bonds. The molecular weight excluding hydrogens is 390 g/mol. The molecule has 1 heterocycles. The molecule has 0 aliphatic rings. The highest BCUT2D eigenvalue weighted by atomic mass is 79.9. The molecule has 18 heavy (non-hydrogen) atoms. The summed E-state index contributed by atoms with van der Waals surface area (Å²) < 4.78 is 15.1. The zero-order chi connectivity index (χ0) is 13.3. The summed E-state index contributed by atoms with van der Waals surface area (Å²) in [5, 5.41) is 0.120. The van der Waals surface area contributed by atoms with Crippen molar-refractivity contribution < 1.29 is 4.39 Å². The summed E-state index contributed by atoms with van der Waals surface area (Å²) in [5.74, 6) is -0.339. The average molecular weight is 396 g/mol. The second-order valence-electron chi connectivity index (χ2n) is 3.52. The summed E-state index contributed by atoms with van der Waals surface area (Å²) in [6.45, 7) is 0.280. The van der Waals surface area contributed by atoms with Crippen LogP contribution in [0.1, 0.15) is 5.56 Å². The van der Waals surface area contributed by atoms with Crippen molar-refractivity contribution in [3.05, 3.63) is 60.4 Å². The van der Waals surface area contributed by atoms with Crippen molar-refractivity contribution in [2.24, 2.45) is 0 Å². The summed E-state index contributed by atoms with van der Waals surface area (Å²) in [4.78, 5) is 15.7. The van der Waals surface area contributed by atoms with Crippen LogP contribution in [0, 0.1) is 5.82 Å². The number of nitrogens with zero attached hydrogens (tertiary/aromatic N) is 2. The smallest absolute Gasteiger partial charge is 0.269 e. The number of rotatable bonds is 2. The second kappa shape index (κ2) is 5.50. The van der Waals surface area contributed by atoms with E-state index in [2.05, 4.69) is 36.8 Å². The van der Waals surface area contributed by atoms with Crippen LogP contribution in [-0.4, -0.2) is 9.55 Å². The third-order valence-corrected chi connectivity index (χ3v) is 4.26. The minimum absolute atomic E-state index is 0.120. The molecule has 0 saturated carbocycles. The lowest BCUT2D eigenvalue weighted by Crippen LogP contribution is -2.22. The predicted octanol–water partition coefficient (Wildman–Crippen LogP) is 3.61. The first-order valence-corrected chi connectivity index (χ1v) is 6.80. The van der Waals surface area contributed by atoms with Crippen LogP contribution in [0.15, 0.2) is 38.3 Å². The Bertz CT molecular complexity index is 660. The van der Waals surface area contributed by atoms with Crippen molar-refractivity contribution in [2.45, 2.75) is 6.54 Å². The molecule has 0 aliphatic heterocycles. The first-order chi connectivity index (χ1) is 8.49. The molecule has 0 N–H and O–H groups in total. The van der Waals surface area contributed by atoms with Crippen LogP contribution < -0.4 is 5.56 Å². The van der Waals surface area contributed by atoms with Gasteiger partial charge in [-0.05, 0) is 33.6 Å². The molecule has 0 aliphatic carbocycles. The van der Waals surface area contributed by atoms with Gasteiger partial charge in [0.15, 0.2) is 5.15 Å². The van der Waals surface area contributed by atoms with E-state index in [1.165, 1.54) is 23.0 Å². The van der Waals surface area contributed by atoms with Gasteiger partial charge in [-0.3, -0.25) is 9.36 Å². The van der Waals surface area contributed by atoms with Gasteiger partial charge in [0.2, 0.25) is 0 Å². The van der Waals surface area contributed by atoms with Gasteiger partial charge in [0.25, 0.3) is 5.56 Å². The van der Waals surface area contributed by atoms with Crippen molar-refractivity contribution >= 4 is 43.5 Å². The zero-order valence-electron chi connectivity index (χ0n) is 8.83. The standard InChI is InChI=1S/C11H6Br2ClFN2O/c12-8-3-7(15)2-1-6(8)4-17-5-16-10(14)9(13)11(17)18/h1-3,5H,4H2. The van der Waals surface area contributed by atoms with Gasteiger partial charge in [0.05, 0.1) is 12.9 Å². The van der Waals surface area contributed by atoms with Crippen LogP contribution in [0.5, 0.6) is 0 Å². The Labute approximate surface area is 124 Å². The second-order valence-corrected chi connectivity index (χ2v) is 5.52. The van der Waals surface area contributed by atoms with E-state index in [0.29, 0.717) is 4.47 Å². The molecule has 0 spiro atoms. The van der Waals surface area contributed by atoms with Gasteiger partial charge in [0.1, 0.15) is 10.3 Å². The summed E-state index contributed by atoms with van der Waals surface area (Å²) in [6, 6.07) is 4.29. The fourth-order valence-electron chi connectivity index (χ4n) is 1.39. The lowest BCUT2D eigenvalue weighted by atomic mass is 10.2. The molecule has 7 heteroatoms. The number of aromatic nitrogens is 2. The molecule has 2 aromatic rings. The predicted molar refractivity (Wildman–Crippen MR) is 74.4 cm³/mol. The Morgan fingerprint density at radius 2 is 2.11 bits per heavy atom. The topological polar surface area (TPSA) is 34.9 Å². The van der Waals surface area contributed by atoms with E-state index in [9.17, 15) is 9.18 Å². The molecule has 0 unspecified atom stereocenters. The molecule has 0 saturated heterocycles. The zero-order valence-corrected chi connectivity index (χ0v) is 12.8. The molecular formula is C11H6Br2ClFN2O. The van der Waals surface area contributed by atoms with Crippen LogP contribution in [-0.2, 0) is 6.54 Å². The Kier molecular flexibility index (Phi) is 4.19. The van der Waals surface area contributed by atoms with Gasteiger partial charge in [-0.2, -0.15) is 0 Å². The molecule has 0 fully saturated rings. The van der Waals surface area contributed by atoms with Gasteiger partial charge in [0, 0.05) is 4.47 Å². The fourth-order valence-corrected chi connectivity index (χ4v) is 2.32. The Hall–Kier alpha value is -0.720. The lowest BCUT2D eigenvalue weighted by molar-refractivity contribution is 0.624. The maximum Gasteiger partial charge on any atom is 0.269 e. The van der Waals surface area contributed by atoms with E-state index in [-0.39, 0.29) is 27.5 Å². The highest BCUT2D eigenvalue weighted by Gasteiger charge is 2.09. The van der Waals surface area contributed by atoms with Crippen molar-refractivity contribution in [3.63, 3.8) is 0 Å². The molecule has 3 nitrogen and oxygen atoms in total. The van der Waals surface area contributed by atoms with E-state index in [4.69, 9.17) is 11.6 Å². The fraction of sp³-hybridized carbons (Fsp3) is 0.0909. The van der Waals surface area contributed by atoms with Gasteiger partial charge >= 0.3 is 0 Å². The number of hydrogen-bond donors (Lipinski definition) is 0. The normalized spacial score (nSPS) is 10.7. The SMILES string of the molecule is O=c1c(Br)c(Cl)ncn1Cc1ccc(F)cc1Br. The van der Waals surface area contributed by atoms with Crippen molar-refractivity contribution in [2.75, 3.05) is 0 Å². The molecule has 2 rings (SSSR count). The lowest BCUT2D eigenvalue weighted by Gasteiger charge is -2.08. The minimum Gasteiger partial charge on any atom is -0.294 e. The summed E-state index contributed by atoms with van der Waals surface area (Å²) in [6.07, 6.45) is 1.35. The van der Waals surface area contributed by atoms with Crippen LogP contribution in [0.2, 0.25) is 5.15 Å². The van der Waals surface area contributed by atoms with Gasteiger partial charge in [-0.15, -0.1) is 0 Å². The summed E-state index contributed by atoms with van der Waals surface area (Å²) >= 11 is 12.0. The first kappa shape index (κ1) is 13.7. The maximum atomic E-state index is 12.9. The molecule has 1 aromatic carbocycles. The van der Waals surface area contributed by atoms with Crippen molar-refractivity contribution in [1.29, 1.82) is 0 Å². The van der Waals surface area contributed by atoms with E-state index >= 15 is 0 Å². The van der Waals surface area contributed by atoms with E-state index < -0.39 is 0 Å². The quantitative estimate of drug-likeness (QED) is 0.727. The van der Waals surface area contributed by atoms with Crippen molar-refractivity contribution in [1.82, 2.24) is 9.55 Å². The number of hydrogen-bond acceptors (Lipinski definition) is 2. The Morgan fingerprint density at radius 3 is 2.78 bits per heavy atom. The third-order valence-electron chi connectivity index (χ3n) is 2.30. The molecule has 1 aromatic heterocycles. The van der Waals surface area contributed by atoms with Crippen LogP contribution in [0.25, 0.3) is 0 Å². The van der Waals surface area contributed by atoms with Gasteiger partial charge < -0.3 is 0 Å². The maximum absolute atomic E-state index is 12.9. The molecule has 94 valence electrons. The van der Waals surface area contributed by atoms with E-state index in [1.54, 1.807) is 6.07 Å². The van der Waals surface area contributed by atoms with E-state index in [1.807, 2.05) is 0 Å². The first-order valence-electron chi connectivity index (χ1n) is 4.83. The molecule has 0 radical (unpaired) electrons. The monoisotopic (exact) mass is 394 g/mol. The molecule has 0 atom stereocenters. The Balaban J connectivity index is 2.41. The van der Waals surface area contributed by atoms with Crippen molar-refractivity contribution in [3.8, 4) is 0 Å². The average Bonchev–Trinajstić information content (AvgIpc) is 2.33. The largest absolute Gasteiger partial charge is 0.294 e. The summed E-state index contributed by atoms with van der Waals surface area (Å²) in [5.41, 5.74) is 0.487. The van der Waals surface area contributed by atoms with Crippen LogP contribution in [0.3, 0.4) is 0 Å². The number of halogens is 4. The van der Waals surface area contributed by atoms with Gasteiger partial charge in [-0.1, -0.05) is 33.6 Å². The van der Waals surface area contributed by atoms with Gasteiger partial charge in [-0.25, -0.2) is 9.37 Å². The third kappa shape index (κ3) is 2.81. The van der Waals surface area contributed by atoms with Crippen LogP contribution >= 0.6 is 43.5 Å². The number of benzene rings is 1. The van der Waals surface area contributed by atoms with E-state index in [0.717, 1.165) is 5.56 Å². The summed E-state index contributed by atoms with van der Waals surface area (Å²) in [7, 11) is 0. The van der Waals surface area contributed by atoms with Crippen LogP contribution in [0.4, 0.5) is 4.39 Å².